The predicted molar refractivity (Wildman–Crippen MR) is 99.8 cm³/mol. The van der Waals surface area contributed by atoms with Gasteiger partial charge >= 0.3 is 5.97 Å². The van der Waals surface area contributed by atoms with Crippen molar-refractivity contribution >= 4 is 21.9 Å². The number of carbonyl (C=O) groups excluding carboxylic acids is 1. The molecule has 0 radical (unpaired) electrons. The van der Waals surface area contributed by atoms with Crippen LogP contribution in [0.25, 0.3) is 0 Å². The molecular formula is C18H28N2O5S. The smallest absolute Gasteiger partial charge is 0.328 e. The van der Waals surface area contributed by atoms with Crippen molar-refractivity contribution in [1.29, 1.82) is 0 Å². The molecule has 0 aliphatic rings. The maximum Gasteiger partial charge on any atom is 0.328 e. The number of carboxylic acids is 1. The molecule has 0 bridgehead atoms. The van der Waals surface area contributed by atoms with Crippen molar-refractivity contribution in [1.82, 2.24) is 10.0 Å². The average molecular weight is 384 g/mol. The number of nitrogens with one attached hydrogen (secondary N) is 2. The van der Waals surface area contributed by atoms with Gasteiger partial charge in [-0.05, 0) is 76.3 Å². The topological polar surface area (TPSA) is 113 Å². The van der Waals surface area contributed by atoms with Gasteiger partial charge in [-0.2, -0.15) is 0 Å². The van der Waals surface area contributed by atoms with Crippen LogP contribution in [0.3, 0.4) is 0 Å². The van der Waals surface area contributed by atoms with Gasteiger partial charge in [0.1, 0.15) is 5.54 Å². The Morgan fingerprint density at radius 1 is 0.923 bits per heavy atom. The Hall–Kier alpha value is -1.93. The highest BCUT2D eigenvalue weighted by molar-refractivity contribution is 7.89. The van der Waals surface area contributed by atoms with Crippen LogP contribution in [0.5, 0.6) is 0 Å². The van der Waals surface area contributed by atoms with E-state index in [0.717, 1.165) is 16.7 Å². The third-order valence-corrected chi connectivity index (χ3v) is 6.56. The molecular weight excluding hydrogens is 356 g/mol. The van der Waals surface area contributed by atoms with Gasteiger partial charge in [-0.25, -0.2) is 17.9 Å². The largest absolute Gasteiger partial charge is 0.480 e. The standard InChI is InChI=1S/C18H28N2O5S/c1-10-11(2)13(4)16(14(5)12(10)3)26(24,25)19-9-8-15(21)20-18(6,7)17(22)23/h19H,8-9H2,1-7H3,(H,20,21)(H,22,23). The van der Waals surface area contributed by atoms with Crippen LogP contribution in [-0.4, -0.2) is 37.5 Å². The van der Waals surface area contributed by atoms with E-state index in [0.29, 0.717) is 11.1 Å². The van der Waals surface area contributed by atoms with Gasteiger partial charge in [0.15, 0.2) is 0 Å². The van der Waals surface area contributed by atoms with E-state index in [2.05, 4.69) is 10.0 Å². The minimum absolute atomic E-state index is 0.116. The molecule has 0 fully saturated rings. The molecule has 26 heavy (non-hydrogen) atoms. The molecule has 1 amide bonds. The second kappa shape index (κ2) is 7.75. The number of sulfonamides is 1. The number of amides is 1. The Morgan fingerprint density at radius 2 is 1.35 bits per heavy atom. The first-order valence-corrected chi connectivity index (χ1v) is 9.81. The Balaban J connectivity index is 2.93. The summed E-state index contributed by atoms with van der Waals surface area (Å²) in [5.74, 6) is -1.70. The molecule has 3 N–H and O–H groups in total. The van der Waals surface area contributed by atoms with Crippen LogP contribution in [0.4, 0.5) is 0 Å². The fourth-order valence-electron chi connectivity index (χ4n) is 2.70. The molecule has 0 spiro atoms. The summed E-state index contributed by atoms with van der Waals surface area (Å²) in [4.78, 5) is 23.1. The fourth-order valence-corrected chi connectivity index (χ4v) is 4.33. The molecule has 146 valence electrons. The molecule has 0 atom stereocenters. The van der Waals surface area contributed by atoms with E-state index in [1.165, 1.54) is 13.8 Å². The van der Waals surface area contributed by atoms with Crippen molar-refractivity contribution in [3.8, 4) is 0 Å². The summed E-state index contributed by atoms with van der Waals surface area (Å²) in [6.07, 6.45) is -0.155. The molecule has 1 rings (SSSR count). The van der Waals surface area contributed by atoms with Crippen molar-refractivity contribution < 1.29 is 23.1 Å². The van der Waals surface area contributed by atoms with E-state index in [1.807, 2.05) is 20.8 Å². The van der Waals surface area contributed by atoms with Crippen LogP contribution in [0.2, 0.25) is 0 Å². The monoisotopic (exact) mass is 384 g/mol. The molecule has 7 nitrogen and oxygen atoms in total. The number of carboxylic acid groups (broad SMARTS) is 1. The first kappa shape index (κ1) is 22.1. The van der Waals surface area contributed by atoms with E-state index in [9.17, 15) is 18.0 Å². The zero-order chi connectivity index (χ0) is 20.4. The average Bonchev–Trinajstić information content (AvgIpc) is 2.50. The molecule has 0 heterocycles. The molecule has 8 heteroatoms. The summed E-state index contributed by atoms with van der Waals surface area (Å²) in [6, 6.07) is 0. The lowest BCUT2D eigenvalue weighted by Gasteiger charge is -2.21. The van der Waals surface area contributed by atoms with E-state index in [4.69, 9.17) is 5.11 Å². The molecule has 0 unspecified atom stereocenters. The van der Waals surface area contributed by atoms with Crippen molar-refractivity contribution in [2.45, 2.75) is 65.3 Å². The van der Waals surface area contributed by atoms with Crippen LogP contribution in [0.15, 0.2) is 4.90 Å². The summed E-state index contributed by atoms with van der Waals surface area (Å²) in [7, 11) is -3.79. The normalized spacial score (nSPS) is 12.1. The van der Waals surface area contributed by atoms with E-state index in [-0.39, 0.29) is 17.9 Å². The van der Waals surface area contributed by atoms with E-state index < -0.39 is 27.4 Å². The summed E-state index contributed by atoms with van der Waals surface area (Å²) in [6.45, 7) is 11.9. The Bertz CT molecular complexity index is 813. The third kappa shape index (κ3) is 4.62. The summed E-state index contributed by atoms with van der Waals surface area (Å²) >= 11 is 0. The maximum atomic E-state index is 12.7. The van der Waals surface area contributed by atoms with Crippen molar-refractivity contribution in [2.24, 2.45) is 0 Å². The van der Waals surface area contributed by atoms with Crippen molar-refractivity contribution in [2.75, 3.05) is 6.54 Å². The second-order valence-corrected chi connectivity index (χ2v) is 8.78. The molecule has 0 aromatic heterocycles. The molecule has 0 aliphatic carbocycles. The van der Waals surface area contributed by atoms with Gasteiger partial charge in [-0.3, -0.25) is 4.79 Å². The van der Waals surface area contributed by atoms with Gasteiger partial charge < -0.3 is 10.4 Å². The van der Waals surface area contributed by atoms with Gasteiger partial charge in [0.05, 0.1) is 4.90 Å². The van der Waals surface area contributed by atoms with Gasteiger partial charge in [-0.15, -0.1) is 0 Å². The van der Waals surface area contributed by atoms with E-state index in [1.54, 1.807) is 13.8 Å². The predicted octanol–water partition coefficient (Wildman–Crippen LogP) is 1.88. The number of hydrogen-bond acceptors (Lipinski definition) is 4. The van der Waals surface area contributed by atoms with Crippen molar-refractivity contribution in [3.05, 3.63) is 27.8 Å². The highest BCUT2D eigenvalue weighted by Crippen LogP contribution is 2.29. The molecule has 0 aliphatic heterocycles. The van der Waals surface area contributed by atoms with Crippen LogP contribution in [0.1, 0.15) is 48.1 Å². The number of benzene rings is 1. The maximum absolute atomic E-state index is 12.7. The van der Waals surface area contributed by atoms with Gasteiger partial charge in [0.2, 0.25) is 15.9 Å². The van der Waals surface area contributed by atoms with Gasteiger partial charge in [0.25, 0.3) is 0 Å². The Labute approximate surface area is 155 Å². The quantitative estimate of drug-likeness (QED) is 0.664. The van der Waals surface area contributed by atoms with Gasteiger partial charge in [0, 0.05) is 13.0 Å². The molecule has 1 aromatic carbocycles. The zero-order valence-corrected chi connectivity index (χ0v) is 17.2. The molecule has 0 saturated carbocycles. The highest BCUT2D eigenvalue weighted by atomic mass is 32.2. The lowest BCUT2D eigenvalue weighted by Crippen LogP contribution is -2.50. The summed E-state index contributed by atoms with van der Waals surface area (Å²) in [5.41, 5.74) is 2.89. The molecule has 1 aromatic rings. The Morgan fingerprint density at radius 3 is 1.77 bits per heavy atom. The minimum Gasteiger partial charge on any atom is -0.480 e. The highest BCUT2D eigenvalue weighted by Gasteiger charge is 2.29. The van der Waals surface area contributed by atoms with Crippen LogP contribution >= 0.6 is 0 Å². The Kier molecular flexibility index (Phi) is 6.59. The summed E-state index contributed by atoms with van der Waals surface area (Å²) < 4.78 is 27.9. The fraction of sp³-hybridized carbons (Fsp3) is 0.556. The first-order chi connectivity index (χ1) is 11.7. The second-order valence-electron chi connectivity index (χ2n) is 7.08. The number of aliphatic carboxylic acids is 1. The lowest BCUT2D eigenvalue weighted by molar-refractivity contribution is -0.146. The van der Waals surface area contributed by atoms with Crippen molar-refractivity contribution in [3.63, 3.8) is 0 Å². The van der Waals surface area contributed by atoms with E-state index >= 15 is 0 Å². The van der Waals surface area contributed by atoms with Gasteiger partial charge in [-0.1, -0.05) is 0 Å². The van der Waals surface area contributed by atoms with Crippen LogP contribution in [-0.2, 0) is 19.6 Å². The lowest BCUT2D eigenvalue weighted by atomic mass is 9.95. The van der Waals surface area contributed by atoms with Crippen LogP contribution < -0.4 is 10.0 Å². The van der Waals surface area contributed by atoms with Crippen LogP contribution in [0, 0.1) is 34.6 Å². The number of rotatable bonds is 7. The first-order valence-electron chi connectivity index (χ1n) is 8.33. The minimum atomic E-state index is -3.79. The molecule has 0 saturated heterocycles. The zero-order valence-electron chi connectivity index (χ0n) is 16.4. The SMILES string of the molecule is Cc1c(C)c(C)c(S(=O)(=O)NCCC(=O)NC(C)(C)C(=O)O)c(C)c1C. The number of hydrogen-bond donors (Lipinski definition) is 3. The third-order valence-electron chi connectivity index (χ3n) is 4.83. The summed E-state index contributed by atoms with van der Waals surface area (Å²) in [5, 5.41) is 11.4. The number of carbonyl (C=O) groups is 2.